The molecular weight excluding hydrogens is 264 g/mol. The molecule has 0 saturated carbocycles. The fourth-order valence-corrected chi connectivity index (χ4v) is 2.68. The highest BCUT2D eigenvalue weighted by Crippen LogP contribution is 2.21. The van der Waals surface area contributed by atoms with Gasteiger partial charge in [-0.15, -0.1) is 11.8 Å². The molecule has 0 aliphatic carbocycles. The van der Waals surface area contributed by atoms with Gasteiger partial charge in [0.1, 0.15) is 0 Å². The van der Waals surface area contributed by atoms with Crippen LogP contribution in [0, 0.1) is 0 Å². The first-order valence-corrected chi connectivity index (χ1v) is 7.25. The number of amides is 1. The Morgan fingerprint density at radius 1 is 1.42 bits per heavy atom. The van der Waals surface area contributed by atoms with Crippen molar-refractivity contribution < 1.29 is 14.6 Å². The highest BCUT2D eigenvalue weighted by molar-refractivity contribution is 8.00. The van der Waals surface area contributed by atoms with Crippen LogP contribution in [-0.2, 0) is 9.53 Å². The summed E-state index contributed by atoms with van der Waals surface area (Å²) >= 11 is 1.46. The van der Waals surface area contributed by atoms with Crippen LogP contribution in [0.2, 0.25) is 0 Å². The lowest BCUT2D eigenvalue weighted by Gasteiger charge is -2.36. The van der Waals surface area contributed by atoms with Crippen LogP contribution in [0.3, 0.4) is 0 Å². The lowest BCUT2D eigenvalue weighted by Crippen LogP contribution is -2.55. The van der Waals surface area contributed by atoms with E-state index in [0.29, 0.717) is 31.8 Å². The summed E-state index contributed by atoms with van der Waals surface area (Å²) in [5, 5.41) is 12.4. The van der Waals surface area contributed by atoms with Crippen LogP contribution in [0.25, 0.3) is 0 Å². The summed E-state index contributed by atoms with van der Waals surface area (Å²) in [6.45, 7) is 1.12. The van der Waals surface area contributed by atoms with Crippen molar-refractivity contribution in [2.45, 2.75) is 23.3 Å². The van der Waals surface area contributed by atoms with Gasteiger partial charge in [0.25, 0.3) is 0 Å². The molecule has 2 heterocycles. The van der Waals surface area contributed by atoms with E-state index in [1.807, 2.05) is 12.1 Å². The van der Waals surface area contributed by atoms with Gasteiger partial charge < -0.3 is 15.2 Å². The molecule has 0 atom stereocenters. The second-order valence-corrected chi connectivity index (χ2v) is 5.62. The Bertz CT molecular complexity index is 408. The van der Waals surface area contributed by atoms with Crippen molar-refractivity contribution in [3.63, 3.8) is 0 Å². The number of nitrogens with one attached hydrogen (secondary N) is 1. The zero-order valence-corrected chi connectivity index (χ0v) is 11.5. The lowest BCUT2D eigenvalue weighted by atomic mass is 9.91. The topological polar surface area (TPSA) is 71.5 Å². The Hall–Kier alpha value is -1.11. The molecule has 1 aromatic rings. The third kappa shape index (κ3) is 4.19. The van der Waals surface area contributed by atoms with E-state index in [2.05, 4.69) is 10.3 Å². The first kappa shape index (κ1) is 14.3. The molecule has 2 N–H and O–H groups in total. The molecule has 19 heavy (non-hydrogen) atoms. The van der Waals surface area contributed by atoms with Crippen LogP contribution in [0.4, 0.5) is 0 Å². The number of thioether (sulfide) groups is 1. The number of carbonyl (C=O) groups excluding carboxylic acids is 1. The van der Waals surface area contributed by atoms with Gasteiger partial charge >= 0.3 is 0 Å². The van der Waals surface area contributed by atoms with Crippen molar-refractivity contribution in [2.24, 2.45) is 0 Å². The number of aliphatic hydroxyl groups excluding tert-OH is 1. The third-order valence-corrected chi connectivity index (χ3v) is 4.19. The summed E-state index contributed by atoms with van der Waals surface area (Å²) < 4.78 is 5.26. The Kier molecular flexibility index (Phi) is 5.18. The maximum atomic E-state index is 11.9. The van der Waals surface area contributed by atoms with E-state index in [4.69, 9.17) is 4.74 Å². The quantitative estimate of drug-likeness (QED) is 0.783. The van der Waals surface area contributed by atoms with Gasteiger partial charge in [0.15, 0.2) is 0 Å². The van der Waals surface area contributed by atoms with Crippen molar-refractivity contribution in [1.29, 1.82) is 0 Å². The number of ether oxygens (including phenoxy) is 1. The molecule has 2 rings (SSSR count). The van der Waals surface area contributed by atoms with Gasteiger partial charge in [0.05, 0.1) is 17.9 Å². The first-order chi connectivity index (χ1) is 9.24. The number of hydrogen-bond donors (Lipinski definition) is 2. The zero-order valence-electron chi connectivity index (χ0n) is 10.7. The number of aromatic nitrogens is 1. The SMILES string of the molecule is O=C(CSc1ccncc1)NC1(CO)CCOCC1. The average Bonchev–Trinajstić information content (AvgIpc) is 2.47. The first-order valence-electron chi connectivity index (χ1n) is 6.27. The van der Waals surface area contributed by atoms with Gasteiger partial charge in [-0.2, -0.15) is 0 Å². The van der Waals surface area contributed by atoms with Crippen molar-refractivity contribution in [3.05, 3.63) is 24.5 Å². The Balaban J connectivity index is 1.83. The van der Waals surface area contributed by atoms with Gasteiger partial charge in [-0.25, -0.2) is 0 Å². The van der Waals surface area contributed by atoms with E-state index in [1.165, 1.54) is 11.8 Å². The van der Waals surface area contributed by atoms with Crippen LogP contribution < -0.4 is 5.32 Å². The predicted octanol–water partition coefficient (Wildman–Crippen LogP) is 0.831. The predicted molar refractivity (Wildman–Crippen MR) is 73.0 cm³/mol. The summed E-state index contributed by atoms with van der Waals surface area (Å²) in [5.74, 6) is 0.282. The lowest BCUT2D eigenvalue weighted by molar-refractivity contribution is -0.122. The smallest absolute Gasteiger partial charge is 0.230 e. The molecule has 1 aliphatic rings. The number of nitrogens with zero attached hydrogens (tertiary/aromatic N) is 1. The molecule has 1 aliphatic heterocycles. The van der Waals surface area contributed by atoms with Crippen molar-refractivity contribution >= 4 is 17.7 Å². The summed E-state index contributed by atoms with van der Waals surface area (Å²) in [6.07, 6.45) is 4.73. The summed E-state index contributed by atoms with van der Waals surface area (Å²) in [4.78, 5) is 16.9. The molecule has 1 aromatic heterocycles. The zero-order chi connectivity index (χ0) is 13.6. The molecular formula is C13H18N2O3S. The van der Waals surface area contributed by atoms with Gasteiger partial charge in [0, 0.05) is 30.5 Å². The summed E-state index contributed by atoms with van der Waals surface area (Å²) in [6, 6.07) is 3.74. The summed E-state index contributed by atoms with van der Waals surface area (Å²) in [5.41, 5.74) is -0.506. The fourth-order valence-electron chi connectivity index (χ4n) is 2.00. The maximum Gasteiger partial charge on any atom is 0.230 e. The molecule has 0 bridgehead atoms. The minimum absolute atomic E-state index is 0.0397. The Morgan fingerprint density at radius 3 is 2.74 bits per heavy atom. The normalized spacial score (nSPS) is 17.9. The monoisotopic (exact) mass is 282 g/mol. The van der Waals surface area contributed by atoms with Crippen molar-refractivity contribution in [1.82, 2.24) is 10.3 Å². The van der Waals surface area contributed by atoms with Crippen LogP contribution in [0.5, 0.6) is 0 Å². The van der Waals surface area contributed by atoms with Crippen LogP contribution in [0.1, 0.15) is 12.8 Å². The van der Waals surface area contributed by atoms with Crippen LogP contribution in [0.15, 0.2) is 29.4 Å². The number of carbonyl (C=O) groups is 1. The molecule has 0 spiro atoms. The number of rotatable bonds is 5. The van der Waals surface area contributed by atoms with Gasteiger partial charge in [-0.3, -0.25) is 9.78 Å². The van der Waals surface area contributed by atoms with Crippen LogP contribution >= 0.6 is 11.8 Å². The molecule has 0 aromatic carbocycles. The third-order valence-electron chi connectivity index (χ3n) is 3.18. The molecule has 104 valence electrons. The van der Waals surface area contributed by atoms with Crippen molar-refractivity contribution in [2.75, 3.05) is 25.6 Å². The Labute approximate surface area is 116 Å². The maximum absolute atomic E-state index is 11.9. The number of aliphatic hydroxyl groups is 1. The van der Waals surface area contributed by atoms with E-state index in [9.17, 15) is 9.90 Å². The van der Waals surface area contributed by atoms with E-state index in [1.54, 1.807) is 12.4 Å². The highest BCUT2D eigenvalue weighted by Gasteiger charge is 2.33. The minimum Gasteiger partial charge on any atom is -0.394 e. The van der Waals surface area contributed by atoms with E-state index < -0.39 is 5.54 Å². The van der Waals surface area contributed by atoms with Gasteiger partial charge in [-0.05, 0) is 25.0 Å². The molecule has 0 unspecified atom stereocenters. The minimum atomic E-state index is -0.506. The number of pyridine rings is 1. The van der Waals surface area contributed by atoms with Gasteiger partial charge in [-0.1, -0.05) is 0 Å². The van der Waals surface area contributed by atoms with E-state index in [-0.39, 0.29) is 12.5 Å². The molecule has 1 amide bonds. The van der Waals surface area contributed by atoms with E-state index in [0.717, 1.165) is 4.90 Å². The average molecular weight is 282 g/mol. The van der Waals surface area contributed by atoms with Crippen LogP contribution in [-0.4, -0.2) is 47.1 Å². The van der Waals surface area contributed by atoms with Gasteiger partial charge in [0.2, 0.25) is 5.91 Å². The second-order valence-electron chi connectivity index (χ2n) is 4.57. The fraction of sp³-hybridized carbons (Fsp3) is 0.538. The second kappa shape index (κ2) is 6.88. The van der Waals surface area contributed by atoms with Crippen molar-refractivity contribution in [3.8, 4) is 0 Å². The number of hydrogen-bond acceptors (Lipinski definition) is 5. The largest absolute Gasteiger partial charge is 0.394 e. The van der Waals surface area contributed by atoms with E-state index >= 15 is 0 Å². The molecule has 1 saturated heterocycles. The Morgan fingerprint density at radius 2 is 2.11 bits per heavy atom. The molecule has 1 fully saturated rings. The highest BCUT2D eigenvalue weighted by atomic mass is 32.2. The molecule has 0 radical (unpaired) electrons. The molecule has 6 heteroatoms. The molecule has 5 nitrogen and oxygen atoms in total. The standard InChI is InChI=1S/C13H18N2O3S/c16-10-13(3-7-18-8-4-13)15-12(17)9-19-11-1-5-14-6-2-11/h1-2,5-6,16H,3-4,7-10H2,(H,15,17). The summed E-state index contributed by atoms with van der Waals surface area (Å²) in [7, 11) is 0.